The Balaban J connectivity index is 2.16. The number of carboxylic acids is 1. The normalized spacial score (nSPS) is 14.2. The van der Waals surface area contributed by atoms with Crippen molar-refractivity contribution in [3.63, 3.8) is 0 Å². The number of amides is 1. The summed E-state index contributed by atoms with van der Waals surface area (Å²) in [7, 11) is 0. The SMILES string of the molecule is Cc1cc(C)cc(C(=O)N(CCC(=O)O)C2CC2)c1. The standard InChI is InChI=1S/C15H19NO3/c1-10-7-11(2)9-12(8-10)15(19)16(13-3-4-13)6-5-14(17)18/h7-9,13H,3-6H2,1-2H3,(H,17,18). The summed E-state index contributed by atoms with van der Waals surface area (Å²) in [5, 5.41) is 8.77. The van der Waals surface area contributed by atoms with Gasteiger partial charge in [-0.2, -0.15) is 0 Å². The highest BCUT2D eigenvalue weighted by Crippen LogP contribution is 2.28. The number of hydrogen-bond acceptors (Lipinski definition) is 2. The summed E-state index contributed by atoms with van der Waals surface area (Å²) >= 11 is 0. The molecule has 1 saturated carbocycles. The third-order valence-electron chi connectivity index (χ3n) is 3.28. The zero-order valence-electron chi connectivity index (χ0n) is 11.3. The smallest absolute Gasteiger partial charge is 0.305 e. The third kappa shape index (κ3) is 3.56. The van der Waals surface area contributed by atoms with E-state index in [2.05, 4.69) is 0 Å². The summed E-state index contributed by atoms with van der Waals surface area (Å²) < 4.78 is 0. The fraction of sp³-hybridized carbons (Fsp3) is 0.467. The summed E-state index contributed by atoms with van der Waals surface area (Å²) in [5.74, 6) is -0.908. The van der Waals surface area contributed by atoms with E-state index in [1.54, 1.807) is 4.90 Å². The number of hydrogen-bond donors (Lipinski definition) is 1. The molecule has 4 nitrogen and oxygen atoms in total. The lowest BCUT2D eigenvalue weighted by Gasteiger charge is -2.22. The van der Waals surface area contributed by atoms with Crippen molar-refractivity contribution in [1.82, 2.24) is 4.90 Å². The van der Waals surface area contributed by atoms with Gasteiger partial charge in [-0.25, -0.2) is 0 Å². The highest BCUT2D eigenvalue weighted by Gasteiger charge is 2.33. The molecular weight excluding hydrogens is 242 g/mol. The van der Waals surface area contributed by atoms with Gasteiger partial charge in [0.15, 0.2) is 0 Å². The molecule has 1 aromatic carbocycles. The molecule has 0 radical (unpaired) electrons. The Morgan fingerprint density at radius 1 is 1.21 bits per heavy atom. The molecule has 1 fully saturated rings. The van der Waals surface area contributed by atoms with Gasteiger partial charge in [0.25, 0.3) is 5.91 Å². The minimum atomic E-state index is -0.862. The van der Waals surface area contributed by atoms with Crippen molar-refractivity contribution in [1.29, 1.82) is 0 Å². The van der Waals surface area contributed by atoms with E-state index in [1.807, 2.05) is 32.0 Å². The van der Waals surface area contributed by atoms with Gasteiger partial charge in [0.05, 0.1) is 6.42 Å². The molecule has 2 rings (SSSR count). The van der Waals surface area contributed by atoms with Crippen molar-refractivity contribution in [2.45, 2.75) is 39.2 Å². The maximum absolute atomic E-state index is 12.5. The summed E-state index contributed by atoms with van der Waals surface area (Å²) in [4.78, 5) is 24.9. The largest absolute Gasteiger partial charge is 0.481 e. The average molecular weight is 261 g/mol. The van der Waals surface area contributed by atoms with Crippen LogP contribution in [0.4, 0.5) is 0 Å². The van der Waals surface area contributed by atoms with Gasteiger partial charge in [0, 0.05) is 18.2 Å². The molecule has 0 spiro atoms. The van der Waals surface area contributed by atoms with Crippen LogP contribution in [0.5, 0.6) is 0 Å². The Morgan fingerprint density at radius 2 is 1.79 bits per heavy atom. The van der Waals surface area contributed by atoms with Crippen LogP contribution in [0.3, 0.4) is 0 Å². The second-order valence-corrected chi connectivity index (χ2v) is 5.25. The van der Waals surface area contributed by atoms with Gasteiger partial charge >= 0.3 is 5.97 Å². The first-order valence-electron chi connectivity index (χ1n) is 6.58. The number of carboxylic acid groups (broad SMARTS) is 1. The molecule has 0 saturated heterocycles. The van der Waals surface area contributed by atoms with Crippen molar-refractivity contribution in [2.24, 2.45) is 0 Å². The highest BCUT2D eigenvalue weighted by atomic mass is 16.4. The second kappa shape index (κ2) is 5.43. The molecule has 1 aromatic rings. The van der Waals surface area contributed by atoms with Crippen molar-refractivity contribution in [3.05, 3.63) is 34.9 Å². The zero-order chi connectivity index (χ0) is 14.0. The van der Waals surface area contributed by atoms with Gasteiger partial charge in [-0.05, 0) is 38.8 Å². The van der Waals surface area contributed by atoms with Crippen LogP contribution in [0.1, 0.15) is 40.7 Å². The van der Waals surface area contributed by atoms with Crippen LogP contribution in [-0.4, -0.2) is 34.5 Å². The van der Waals surface area contributed by atoms with Gasteiger partial charge in [-0.3, -0.25) is 9.59 Å². The molecule has 1 amide bonds. The van der Waals surface area contributed by atoms with Crippen molar-refractivity contribution < 1.29 is 14.7 Å². The predicted octanol–water partition coefficient (Wildman–Crippen LogP) is 2.38. The van der Waals surface area contributed by atoms with Crippen LogP contribution in [0.25, 0.3) is 0 Å². The highest BCUT2D eigenvalue weighted by molar-refractivity contribution is 5.95. The zero-order valence-corrected chi connectivity index (χ0v) is 11.3. The summed E-state index contributed by atoms with van der Waals surface area (Å²) in [6.45, 7) is 4.22. The van der Waals surface area contributed by atoms with E-state index < -0.39 is 5.97 Å². The van der Waals surface area contributed by atoms with E-state index in [-0.39, 0.29) is 18.4 Å². The van der Waals surface area contributed by atoms with E-state index >= 15 is 0 Å². The fourth-order valence-electron chi connectivity index (χ4n) is 2.32. The van der Waals surface area contributed by atoms with Crippen LogP contribution < -0.4 is 0 Å². The number of benzene rings is 1. The summed E-state index contributed by atoms with van der Waals surface area (Å²) in [6, 6.07) is 5.99. The fourth-order valence-corrected chi connectivity index (χ4v) is 2.32. The lowest BCUT2D eigenvalue weighted by Crippen LogP contribution is -2.35. The first-order chi connectivity index (χ1) is 8.97. The van der Waals surface area contributed by atoms with Crippen LogP contribution in [-0.2, 0) is 4.79 Å². The molecule has 1 aliphatic carbocycles. The quantitative estimate of drug-likeness (QED) is 0.885. The van der Waals surface area contributed by atoms with Crippen LogP contribution in [0.15, 0.2) is 18.2 Å². The number of aliphatic carboxylic acids is 1. The second-order valence-electron chi connectivity index (χ2n) is 5.25. The van der Waals surface area contributed by atoms with Gasteiger partial charge in [0.2, 0.25) is 0 Å². The van der Waals surface area contributed by atoms with E-state index in [4.69, 9.17) is 5.11 Å². The Kier molecular flexibility index (Phi) is 3.88. The lowest BCUT2D eigenvalue weighted by molar-refractivity contribution is -0.137. The van der Waals surface area contributed by atoms with Crippen molar-refractivity contribution in [2.75, 3.05) is 6.54 Å². The van der Waals surface area contributed by atoms with Gasteiger partial charge in [0.1, 0.15) is 0 Å². The van der Waals surface area contributed by atoms with E-state index in [0.717, 1.165) is 24.0 Å². The Labute approximate surface area is 113 Å². The Morgan fingerprint density at radius 3 is 2.26 bits per heavy atom. The third-order valence-corrected chi connectivity index (χ3v) is 3.28. The van der Waals surface area contributed by atoms with Crippen LogP contribution in [0, 0.1) is 13.8 Å². The number of rotatable bonds is 5. The molecule has 0 aromatic heterocycles. The van der Waals surface area contributed by atoms with Crippen LogP contribution >= 0.6 is 0 Å². The topological polar surface area (TPSA) is 57.6 Å². The van der Waals surface area contributed by atoms with E-state index in [9.17, 15) is 9.59 Å². The maximum Gasteiger partial charge on any atom is 0.305 e. The van der Waals surface area contributed by atoms with Gasteiger partial charge < -0.3 is 10.0 Å². The molecule has 0 aliphatic heterocycles. The Bertz CT molecular complexity index is 486. The monoisotopic (exact) mass is 261 g/mol. The van der Waals surface area contributed by atoms with Gasteiger partial charge in [-0.15, -0.1) is 0 Å². The minimum absolute atomic E-state index is 0.00698. The van der Waals surface area contributed by atoms with Crippen molar-refractivity contribution in [3.8, 4) is 0 Å². The number of nitrogens with zero attached hydrogens (tertiary/aromatic N) is 1. The molecule has 19 heavy (non-hydrogen) atoms. The number of carbonyl (C=O) groups excluding carboxylic acids is 1. The lowest BCUT2D eigenvalue weighted by atomic mass is 10.1. The van der Waals surface area contributed by atoms with E-state index in [0.29, 0.717) is 12.1 Å². The molecule has 102 valence electrons. The minimum Gasteiger partial charge on any atom is -0.481 e. The van der Waals surface area contributed by atoms with Crippen molar-refractivity contribution >= 4 is 11.9 Å². The number of carbonyl (C=O) groups is 2. The van der Waals surface area contributed by atoms with Crippen LogP contribution in [0.2, 0.25) is 0 Å². The maximum atomic E-state index is 12.5. The first-order valence-corrected chi connectivity index (χ1v) is 6.58. The molecule has 1 N–H and O–H groups in total. The first kappa shape index (κ1) is 13.6. The molecule has 4 heteroatoms. The molecule has 1 aliphatic rings. The molecule has 0 bridgehead atoms. The van der Waals surface area contributed by atoms with Gasteiger partial charge in [-0.1, -0.05) is 17.2 Å². The Hall–Kier alpha value is -1.84. The molecule has 0 heterocycles. The number of aryl methyl sites for hydroxylation is 2. The average Bonchev–Trinajstić information content (AvgIpc) is 3.11. The molecular formula is C15H19NO3. The predicted molar refractivity (Wildman–Crippen MR) is 72.2 cm³/mol. The van der Waals surface area contributed by atoms with E-state index in [1.165, 1.54) is 0 Å². The molecule has 0 unspecified atom stereocenters. The molecule has 0 atom stereocenters. The summed E-state index contributed by atoms with van der Waals surface area (Å²) in [6.07, 6.45) is 1.97. The summed E-state index contributed by atoms with van der Waals surface area (Å²) in [5.41, 5.74) is 2.77.